The van der Waals surface area contributed by atoms with Crippen LogP contribution in [-0.4, -0.2) is 35.3 Å². The number of carbonyl (C=O) groups excluding carboxylic acids is 3. The summed E-state index contributed by atoms with van der Waals surface area (Å²) in [5.74, 6) is -1.84. The molecule has 0 heterocycles. The number of nitrogens with zero attached hydrogens (tertiary/aromatic N) is 1. The number of esters is 1. The minimum atomic E-state index is -2.41. The average Bonchev–Trinajstić information content (AvgIpc) is 2.67. The molecule has 2 aromatic rings. The van der Waals surface area contributed by atoms with Gasteiger partial charge in [-0.05, 0) is 29.8 Å². The molecule has 0 fully saturated rings. The summed E-state index contributed by atoms with van der Waals surface area (Å²) in [7, 11) is 1.09. The summed E-state index contributed by atoms with van der Waals surface area (Å²) in [6, 6.07) is 11.3. The molecule has 2 N–H and O–H groups in total. The van der Waals surface area contributed by atoms with E-state index in [1.807, 2.05) is 0 Å². The molecule has 0 saturated heterocycles. The molecule has 2 rings (SSSR count). The number of rotatable bonds is 7. The fraction of sp³-hybridized carbons (Fsp3) is 0.167. The van der Waals surface area contributed by atoms with Crippen molar-refractivity contribution >= 4 is 29.5 Å². The first-order chi connectivity index (χ1) is 12.8. The summed E-state index contributed by atoms with van der Waals surface area (Å²) in [5, 5.41) is 24.4. The summed E-state index contributed by atoms with van der Waals surface area (Å²) in [6.07, 6.45) is -0.520. The molecule has 0 bridgehead atoms. The van der Waals surface area contributed by atoms with Crippen LogP contribution in [0.4, 0.5) is 11.4 Å². The molecule has 1 amide bonds. The van der Waals surface area contributed by atoms with Crippen LogP contribution < -0.4 is 5.32 Å². The van der Waals surface area contributed by atoms with E-state index in [1.165, 1.54) is 0 Å². The number of amides is 1. The maximum absolute atomic E-state index is 12.7. The normalized spacial score (nSPS) is 12.5. The van der Waals surface area contributed by atoms with Gasteiger partial charge < -0.3 is 15.2 Å². The molecule has 0 aromatic heterocycles. The second-order valence-corrected chi connectivity index (χ2v) is 5.58. The van der Waals surface area contributed by atoms with Crippen LogP contribution in [0.3, 0.4) is 0 Å². The highest BCUT2D eigenvalue weighted by atomic mass is 16.6. The minimum absolute atomic E-state index is 0.158. The van der Waals surface area contributed by atoms with Crippen LogP contribution in [0.1, 0.15) is 22.3 Å². The van der Waals surface area contributed by atoms with Gasteiger partial charge in [0.25, 0.3) is 11.6 Å². The molecule has 1 atom stereocenters. The third kappa shape index (κ3) is 4.33. The third-order valence-corrected chi connectivity index (χ3v) is 3.86. The number of methoxy groups -OCH3 is 1. The summed E-state index contributed by atoms with van der Waals surface area (Å²) in [6.45, 7) is 0. The van der Waals surface area contributed by atoms with Crippen molar-refractivity contribution in [2.24, 2.45) is 0 Å². The lowest BCUT2D eigenvalue weighted by molar-refractivity contribution is -0.385. The number of ether oxygens (including phenoxy) is 1. The van der Waals surface area contributed by atoms with Gasteiger partial charge in [-0.25, -0.2) is 0 Å². The Morgan fingerprint density at radius 3 is 2.48 bits per heavy atom. The molecule has 140 valence electrons. The average molecular weight is 372 g/mol. The number of nitrogens with one attached hydrogen (secondary N) is 1. The maximum atomic E-state index is 12.7. The zero-order valence-corrected chi connectivity index (χ0v) is 14.2. The maximum Gasteiger partial charge on any atom is 0.309 e. The van der Waals surface area contributed by atoms with Crippen molar-refractivity contribution in [2.75, 3.05) is 12.4 Å². The van der Waals surface area contributed by atoms with E-state index in [0.717, 1.165) is 25.3 Å². The molecule has 9 heteroatoms. The van der Waals surface area contributed by atoms with Gasteiger partial charge in [0, 0.05) is 11.8 Å². The molecular weight excluding hydrogens is 356 g/mol. The SMILES string of the molecule is COC(=O)CC(O)(C(=O)Nc1ccccc1)c1ccc([N+](=O)[O-])c(C=O)c1. The fourth-order valence-corrected chi connectivity index (χ4v) is 2.42. The zero-order valence-electron chi connectivity index (χ0n) is 14.2. The Morgan fingerprint density at radius 1 is 1.26 bits per heavy atom. The number of hydrogen-bond donors (Lipinski definition) is 2. The number of carbonyl (C=O) groups is 3. The Bertz CT molecular complexity index is 883. The summed E-state index contributed by atoms with van der Waals surface area (Å²) in [5.41, 5.74) is -3.03. The standard InChI is InChI=1S/C18H16N2O7/c1-27-16(22)10-18(24,17(23)19-14-5-3-2-4-6-14)13-7-8-15(20(25)26)12(9-13)11-21/h2-9,11,24H,10H2,1H3,(H,19,23). The number of hydrogen-bond acceptors (Lipinski definition) is 7. The summed E-state index contributed by atoms with van der Waals surface area (Å²) >= 11 is 0. The van der Waals surface area contributed by atoms with Gasteiger partial charge in [-0.15, -0.1) is 0 Å². The molecule has 2 aromatic carbocycles. The van der Waals surface area contributed by atoms with E-state index in [1.54, 1.807) is 30.3 Å². The van der Waals surface area contributed by atoms with Gasteiger partial charge in [-0.3, -0.25) is 24.5 Å². The molecule has 0 saturated carbocycles. The van der Waals surface area contributed by atoms with Crippen molar-refractivity contribution in [2.45, 2.75) is 12.0 Å². The van der Waals surface area contributed by atoms with Crippen LogP contribution in [0, 0.1) is 10.1 Å². The molecular formula is C18H16N2O7. The summed E-state index contributed by atoms with van der Waals surface area (Å²) in [4.78, 5) is 45.8. The van der Waals surface area contributed by atoms with Crippen LogP contribution >= 0.6 is 0 Å². The van der Waals surface area contributed by atoms with Crippen molar-refractivity contribution in [3.63, 3.8) is 0 Å². The molecule has 0 spiro atoms. The van der Waals surface area contributed by atoms with Gasteiger partial charge >= 0.3 is 5.97 Å². The highest BCUT2D eigenvalue weighted by Gasteiger charge is 2.41. The smallest absolute Gasteiger partial charge is 0.309 e. The van der Waals surface area contributed by atoms with Crippen LogP contribution in [0.15, 0.2) is 48.5 Å². The van der Waals surface area contributed by atoms with Crippen LogP contribution in [-0.2, 0) is 19.9 Å². The van der Waals surface area contributed by atoms with Crippen molar-refractivity contribution in [1.29, 1.82) is 0 Å². The largest absolute Gasteiger partial charge is 0.469 e. The predicted molar refractivity (Wildman–Crippen MR) is 94.1 cm³/mol. The highest BCUT2D eigenvalue weighted by Crippen LogP contribution is 2.31. The first-order valence-corrected chi connectivity index (χ1v) is 7.71. The number of anilines is 1. The lowest BCUT2D eigenvalue weighted by Crippen LogP contribution is -2.42. The predicted octanol–water partition coefficient (Wildman–Crippen LogP) is 1.80. The lowest BCUT2D eigenvalue weighted by atomic mass is 9.88. The number of nitro benzene ring substituents is 1. The Kier molecular flexibility index (Phi) is 5.99. The van der Waals surface area contributed by atoms with Gasteiger partial charge in [0.05, 0.1) is 24.0 Å². The van der Waals surface area contributed by atoms with Crippen LogP contribution in [0.5, 0.6) is 0 Å². The first kappa shape index (κ1) is 19.7. The quantitative estimate of drug-likeness (QED) is 0.327. The molecule has 0 radical (unpaired) electrons. The van der Waals surface area contributed by atoms with Gasteiger partial charge in [0.15, 0.2) is 11.9 Å². The minimum Gasteiger partial charge on any atom is -0.469 e. The van der Waals surface area contributed by atoms with Crippen LogP contribution in [0.25, 0.3) is 0 Å². The fourth-order valence-electron chi connectivity index (χ4n) is 2.42. The van der Waals surface area contributed by atoms with E-state index >= 15 is 0 Å². The Hall–Kier alpha value is -3.59. The Morgan fingerprint density at radius 2 is 1.93 bits per heavy atom. The topological polar surface area (TPSA) is 136 Å². The van der Waals surface area contributed by atoms with E-state index < -0.39 is 34.5 Å². The van der Waals surface area contributed by atoms with E-state index in [-0.39, 0.29) is 17.4 Å². The molecule has 0 aliphatic rings. The second kappa shape index (κ2) is 8.19. The van der Waals surface area contributed by atoms with E-state index in [2.05, 4.69) is 10.1 Å². The van der Waals surface area contributed by atoms with Crippen molar-refractivity contribution in [3.8, 4) is 0 Å². The van der Waals surface area contributed by atoms with Crippen molar-refractivity contribution in [3.05, 3.63) is 69.8 Å². The van der Waals surface area contributed by atoms with E-state index in [4.69, 9.17) is 0 Å². The Labute approximate surface area is 153 Å². The molecule has 27 heavy (non-hydrogen) atoms. The third-order valence-electron chi connectivity index (χ3n) is 3.86. The van der Waals surface area contributed by atoms with Gasteiger partial charge in [-0.2, -0.15) is 0 Å². The van der Waals surface area contributed by atoms with E-state index in [0.29, 0.717) is 5.69 Å². The molecule has 0 aliphatic carbocycles. The van der Waals surface area contributed by atoms with E-state index in [9.17, 15) is 29.6 Å². The van der Waals surface area contributed by atoms with Gasteiger partial charge in [0.1, 0.15) is 0 Å². The molecule has 9 nitrogen and oxygen atoms in total. The van der Waals surface area contributed by atoms with Crippen molar-refractivity contribution in [1.82, 2.24) is 0 Å². The number of aliphatic hydroxyl groups is 1. The number of benzene rings is 2. The van der Waals surface area contributed by atoms with Crippen LogP contribution in [0.2, 0.25) is 0 Å². The zero-order chi connectivity index (χ0) is 20.0. The monoisotopic (exact) mass is 372 g/mol. The van der Waals surface area contributed by atoms with Crippen molar-refractivity contribution < 1.29 is 29.2 Å². The second-order valence-electron chi connectivity index (χ2n) is 5.58. The van der Waals surface area contributed by atoms with Gasteiger partial charge in [-0.1, -0.05) is 18.2 Å². The Balaban J connectivity index is 2.49. The number of nitro groups is 1. The number of para-hydroxylation sites is 1. The lowest BCUT2D eigenvalue weighted by Gasteiger charge is -2.26. The molecule has 0 aliphatic heterocycles. The summed E-state index contributed by atoms with van der Waals surface area (Å²) < 4.78 is 4.53. The first-order valence-electron chi connectivity index (χ1n) is 7.71. The highest BCUT2D eigenvalue weighted by molar-refractivity contribution is 6.00. The van der Waals surface area contributed by atoms with Gasteiger partial charge in [0.2, 0.25) is 0 Å². The number of aldehydes is 1. The molecule has 1 unspecified atom stereocenters.